The van der Waals surface area contributed by atoms with E-state index in [0.29, 0.717) is 22.9 Å². The average molecular weight is 653 g/mol. The summed E-state index contributed by atoms with van der Waals surface area (Å²) < 4.78 is 48.1. The average Bonchev–Trinajstić information content (AvgIpc) is 2.93. The molecule has 0 radical (unpaired) electrons. The fourth-order valence-corrected chi connectivity index (χ4v) is 6.08. The molecule has 43 heavy (non-hydrogen) atoms. The number of sulfonamides is 1. The highest BCUT2D eigenvalue weighted by atomic mass is 35.5. The van der Waals surface area contributed by atoms with Crippen molar-refractivity contribution in [2.75, 3.05) is 17.5 Å². The van der Waals surface area contributed by atoms with E-state index in [9.17, 15) is 22.4 Å². The van der Waals surface area contributed by atoms with Crippen LogP contribution in [0.1, 0.15) is 46.6 Å². The van der Waals surface area contributed by atoms with Gasteiger partial charge in [-0.2, -0.15) is 0 Å². The molecule has 2 amide bonds. The highest BCUT2D eigenvalue weighted by Crippen LogP contribution is 2.28. The number of hydrogen-bond donors (Lipinski definition) is 1. The Kier molecular flexibility index (Phi) is 11.5. The van der Waals surface area contributed by atoms with Crippen molar-refractivity contribution >= 4 is 50.7 Å². The number of amides is 2. The van der Waals surface area contributed by atoms with E-state index < -0.39 is 45.8 Å². The molecule has 0 fully saturated rings. The van der Waals surface area contributed by atoms with Gasteiger partial charge in [0.05, 0.1) is 27.2 Å². The maximum Gasteiger partial charge on any atom is 0.264 e. The summed E-state index contributed by atoms with van der Waals surface area (Å²) in [4.78, 5) is 28.8. The monoisotopic (exact) mass is 651 g/mol. The van der Waals surface area contributed by atoms with Crippen LogP contribution < -0.4 is 14.4 Å². The van der Waals surface area contributed by atoms with E-state index in [1.807, 2.05) is 27.7 Å². The van der Waals surface area contributed by atoms with E-state index in [1.54, 1.807) is 25.1 Å². The van der Waals surface area contributed by atoms with Crippen molar-refractivity contribution in [3.63, 3.8) is 0 Å². The van der Waals surface area contributed by atoms with Gasteiger partial charge in [0.15, 0.2) is 0 Å². The van der Waals surface area contributed by atoms with Gasteiger partial charge in [-0.15, -0.1) is 0 Å². The van der Waals surface area contributed by atoms with E-state index in [2.05, 4.69) is 5.32 Å². The summed E-state index contributed by atoms with van der Waals surface area (Å²) >= 11 is 12.3. The topological polar surface area (TPSA) is 96.0 Å². The zero-order valence-electron chi connectivity index (χ0n) is 24.7. The Bertz CT molecular complexity index is 1530. The number of carbonyl (C=O) groups excluding carboxylic acids is 2. The number of carbonyl (C=O) groups is 2. The molecule has 1 N–H and O–H groups in total. The second-order valence-corrected chi connectivity index (χ2v) is 13.5. The quantitative estimate of drug-likeness (QED) is 0.243. The summed E-state index contributed by atoms with van der Waals surface area (Å²) in [5.74, 6) is -1.14. The Morgan fingerprint density at radius 1 is 0.953 bits per heavy atom. The van der Waals surface area contributed by atoms with Gasteiger partial charge in [-0.25, -0.2) is 12.8 Å². The summed E-state index contributed by atoms with van der Waals surface area (Å²) in [5, 5.41) is 3.50. The molecule has 3 aromatic carbocycles. The van der Waals surface area contributed by atoms with Crippen LogP contribution in [0.3, 0.4) is 0 Å². The summed E-state index contributed by atoms with van der Waals surface area (Å²) in [7, 11) is -4.33. The summed E-state index contributed by atoms with van der Waals surface area (Å²) in [6.07, 6.45) is 0.247. The number of nitrogens with one attached hydrogen (secondary N) is 1. The Morgan fingerprint density at radius 2 is 1.58 bits per heavy atom. The maximum atomic E-state index is 14.1. The lowest BCUT2D eigenvalue weighted by atomic mass is 10.1. The van der Waals surface area contributed by atoms with Crippen LogP contribution >= 0.6 is 23.2 Å². The minimum absolute atomic E-state index is 0.0495. The van der Waals surface area contributed by atoms with Crippen molar-refractivity contribution in [1.29, 1.82) is 0 Å². The fourth-order valence-electron chi connectivity index (χ4n) is 4.34. The summed E-state index contributed by atoms with van der Waals surface area (Å²) in [5.41, 5.74) is 0.0812. The number of anilines is 1. The van der Waals surface area contributed by atoms with E-state index in [1.165, 1.54) is 41.3 Å². The Labute approximate surface area is 262 Å². The molecular weight excluding hydrogens is 616 g/mol. The molecule has 0 spiro atoms. The lowest BCUT2D eigenvalue weighted by Crippen LogP contribution is -2.55. The van der Waals surface area contributed by atoms with Crippen molar-refractivity contribution in [2.45, 2.75) is 64.1 Å². The normalized spacial score (nSPS) is 12.4. The molecule has 12 heteroatoms. The van der Waals surface area contributed by atoms with Crippen molar-refractivity contribution in [1.82, 2.24) is 10.2 Å². The van der Waals surface area contributed by atoms with Gasteiger partial charge in [0.25, 0.3) is 10.0 Å². The third-order valence-electron chi connectivity index (χ3n) is 6.34. The molecule has 0 bridgehead atoms. The van der Waals surface area contributed by atoms with Gasteiger partial charge in [0.2, 0.25) is 11.8 Å². The fraction of sp³-hybridized carbons (Fsp3) is 0.355. The molecule has 232 valence electrons. The van der Waals surface area contributed by atoms with Crippen molar-refractivity contribution in [2.24, 2.45) is 0 Å². The zero-order valence-corrected chi connectivity index (χ0v) is 27.1. The lowest BCUT2D eigenvalue weighted by molar-refractivity contribution is -0.141. The van der Waals surface area contributed by atoms with Crippen LogP contribution in [-0.2, 0) is 26.2 Å². The molecule has 3 aromatic rings. The third kappa shape index (κ3) is 9.08. The van der Waals surface area contributed by atoms with E-state index in [-0.39, 0.29) is 28.6 Å². The number of ether oxygens (including phenoxy) is 1. The molecule has 8 nitrogen and oxygen atoms in total. The smallest absolute Gasteiger partial charge is 0.264 e. The zero-order chi connectivity index (χ0) is 31.9. The molecular formula is C31H36Cl2FN3O5S. The molecule has 0 saturated carbocycles. The Hall–Kier alpha value is -3.34. The predicted octanol–water partition coefficient (Wildman–Crippen LogP) is 6.45. The van der Waals surface area contributed by atoms with Crippen molar-refractivity contribution < 1.29 is 27.1 Å². The minimum Gasteiger partial charge on any atom is -0.494 e. The van der Waals surface area contributed by atoms with E-state index in [0.717, 1.165) is 16.4 Å². The molecule has 0 saturated heterocycles. The first-order valence-electron chi connectivity index (χ1n) is 13.7. The van der Waals surface area contributed by atoms with Crippen LogP contribution in [0.2, 0.25) is 10.0 Å². The number of hydrogen-bond acceptors (Lipinski definition) is 5. The maximum absolute atomic E-state index is 14.1. The van der Waals surface area contributed by atoms with Crippen LogP contribution in [0.5, 0.6) is 5.75 Å². The van der Waals surface area contributed by atoms with Gasteiger partial charge in [0.1, 0.15) is 24.2 Å². The van der Waals surface area contributed by atoms with Crippen LogP contribution in [0, 0.1) is 5.82 Å². The minimum atomic E-state index is -4.33. The van der Waals surface area contributed by atoms with E-state index in [4.69, 9.17) is 27.9 Å². The van der Waals surface area contributed by atoms with Gasteiger partial charge >= 0.3 is 0 Å². The molecule has 3 rings (SSSR count). The Morgan fingerprint density at radius 3 is 2.12 bits per heavy atom. The highest BCUT2D eigenvalue weighted by Gasteiger charge is 2.34. The van der Waals surface area contributed by atoms with Gasteiger partial charge in [-0.05, 0) is 100 Å². The first-order valence-corrected chi connectivity index (χ1v) is 15.9. The van der Waals surface area contributed by atoms with Crippen molar-refractivity contribution in [3.05, 3.63) is 88.2 Å². The lowest BCUT2D eigenvalue weighted by Gasteiger charge is -2.34. The van der Waals surface area contributed by atoms with E-state index >= 15 is 0 Å². The van der Waals surface area contributed by atoms with Crippen LogP contribution in [0.4, 0.5) is 10.1 Å². The standard InChI is InChI=1S/C31H36Cl2FN3O5S/c1-6-28(30(39)35-31(3,4)5)36(19-21-8-17-26(32)27(33)18-21)29(38)20-37(23-11-9-22(34)10-12-23)43(40,41)25-15-13-24(14-16-25)42-7-2/h8-18,28H,6-7,19-20H2,1-5H3,(H,35,39). The van der Waals surface area contributed by atoms with Gasteiger partial charge < -0.3 is 15.0 Å². The molecule has 0 aliphatic heterocycles. The number of rotatable bonds is 12. The highest BCUT2D eigenvalue weighted by molar-refractivity contribution is 7.92. The summed E-state index contributed by atoms with van der Waals surface area (Å²) in [6, 6.07) is 14.5. The molecule has 0 aromatic heterocycles. The molecule has 1 atom stereocenters. The second-order valence-electron chi connectivity index (χ2n) is 10.8. The molecule has 0 aliphatic carbocycles. The van der Waals surface area contributed by atoms with Crippen LogP contribution in [-0.4, -0.2) is 49.9 Å². The molecule has 0 aliphatic rings. The SMILES string of the molecule is CCOc1ccc(S(=O)(=O)N(CC(=O)N(Cc2ccc(Cl)c(Cl)c2)C(CC)C(=O)NC(C)(C)C)c2ccc(F)cc2)cc1. The van der Waals surface area contributed by atoms with Gasteiger partial charge in [-0.3, -0.25) is 13.9 Å². The predicted molar refractivity (Wildman–Crippen MR) is 168 cm³/mol. The first kappa shape index (κ1) is 34.2. The second kappa shape index (κ2) is 14.4. The first-order chi connectivity index (χ1) is 20.2. The third-order valence-corrected chi connectivity index (χ3v) is 8.86. The van der Waals surface area contributed by atoms with Crippen LogP contribution in [0.15, 0.2) is 71.6 Å². The number of halogens is 3. The number of nitrogens with zero attached hydrogens (tertiary/aromatic N) is 2. The van der Waals surface area contributed by atoms with Crippen LogP contribution in [0.25, 0.3) is 0 Å². The van der Waals surface area contributed by atoms with Gasteiger partial charge in [0, 0.05) is 12.1 Å². The molecule has 1 unspecified atom stereocenters. The largest absolute Gasteiger partial charge is 0.494 e. The Balaban J connectivity index is 2.07. The summed E-state index contributed by atoms with van der Waals surface area (Å²) in [6.45, 7) is 8.72. The van der Waals surface area contributed by atoms with Crippen molar-refractivity contribution in [3.8, 4) is 5.75 Å². The van der Waals surface area contributed by atoms with Gasteiger partial charge in [-0.1, -0.05) is 36.2 Å². The number of benzene rings is 3. The molecule has 0 heterocycles.